The molecule has 3 aromatic rings. The van der Waals surface area contributed by atoms with Crippen molar-refractivity contribution in [3.8, 4) is 0 Å². The average molecular weight is 1150 g/mol. The number of nitrogens with one attached hydrogen (secondary N) is 1. The van der Waals surface area contributed by atoms with Gasteiger partial charge in [0.1, 0.15) is 30.0 Å². The first-order valence-corrected chi connectivity index (χ1v) is 29.4. The van der Waals surface area contributed by atoms with Gasteiger partial charge in [0.15, 0.2) is 17.5 Å². The largest absolute Gasteiger partial charge is 0.509 e. The van der Waals surface area contributed by atoms with Crippen LogP contribution in [0.1, 0.15) is 171 Å². The molecular weight excluding hydrogens is 1060 g/mol. The van der Waals surface area contributed by atoms with Gasteiger partial charge in [0.2, 0.25) is 6.10 Å². The van der Waals surface area contributed by atoms with Crippen LogP contribution in [0.2, 0.25) is 0 Å². The van der Waals surface area contributed by atoms with Crippen LogP contribution in [0, 0.1) is 16.7 Å². The zero-order valence-corrected chi connectivity index (χ0v) is 49.0. The Kier molecular flexibility index (Phi) is 21.9. The molecule has 2 saturated carbocycles. The number of Topliss-reactive ketones (excluding diaryl/α,β-unsaturated/α-hetero) is 1. The van der Waals surface area contributed by atoms with Crippen LogP contribution in [0.3, 0.4) is 0 Å². The van der Waals surface area contributed by atoms with E-state index in [1.165, 1.54) is 45.2 Å². The molecule has 2 unspecified atom stereocenters. The molecule has 0 spiro atoms. The van der Waals surface area contributed by atoms with Crippen molar-refractivity contribution in [2.75, 3.05) is 13.2 Å². The second kappa shape index (κ2) is 28.6. The Morgan fingerprint density at radius 2 is 1.34 bits per heavy atom. The molecule has 0 radical (unpaired) electrons. The Labute approximate surface area is 487 Å². The van der Waals surface area contributed by atoms with E-state index in [0.717, 1.165) is 65.2 Å². The number of unbranched alkanes of at least 4 members (excludes halogenated alkanes) is 9. The van der Waals surface area contributed by atoms with Crippen molar-refractivity contribution < 1.29 is 76.9 Å². The van der Waals surface area contributed by atoms with Crippen molar-refractivity contribution in [2.24, 2.45) is 16.7 Å². The van der Waals surface area contributed by atoms with Crippen molar-refractivity contribution in [1.29, 1.82) is 0 Å². The molecule has 448 valence electrons. The molecule has 1 saturated heterocycles. The van der Waals surface area contributed by atoms with Gasteiger partial charge in [0.05, 0.1) is 36.2 Å². The van der Waals surface area contributed by atoms with E-state index in [-0.39, 0.29) is 41.9 Å². The Balaban J connectivity index is 1.21. The molecule has 3 aliphatic carbocycles. The molecule has 4 aliphatic rings. The fraction of sp³-hybridized carbons (Fsp3) is 0.530. The van der Waals surface area contributed by atoms with Crippen LogP contribution >= 0.6 is 0 Å². The van der Waals surface area contributed by atoms with Crippen molar-refractivity contribution in [3.63, 3.8) is 0 Å². The number of benzene rings is 3. The van der Waals surface area contributed by atoms with Crippen LogP contribution in [0.5, 0.6) is 0 Å². The number of aliphatic hydroxyl groups excluding tert-OH is 1. The minimum absolute atomic E-state index is 0.0347. The lowest BCUT2D eigenvalue weighted by atomic mass is 9.44. The van der Waals surface area contributed by atoms with Crippen molar-refractivity contribution >= 4 is 41.7 Å². The molecule has 17 heteroatoms. The van der Waals surface area contributed by atoms with Crippen LogP contribution in [0.4, 0.5) is 4.79 Å². The Morgan fingerprint density at radius 1 is 0.747 bits per heavy atom. The van der Waals surface area contributed by atoms with E-state index in [4.69, 9.17) is 33.2 Å². The maximum Gasteiger partial charge on any atom is 0.509 e. The molecule has 1 heterocycles. The normalized spacial score (nSPS) is 26.9. The number of allylic oxidation sites excluding steroid dienone is 4. The zero-order chi connectivity index (χ0) is 60.0. The summed E-state index contributed by atoms with van der Waals surface area (Å²) >= 11 is 0. The van der Waals surface area contributed by atoms with Gasteiger partial charge in [0, 0.05) is 37.7 Å². The van der Waals surface area contributed by atoms with E-state index < -0.39 is 119 Å². The Morgan fingerprint density at radius 3 is 1.93 bits per heavy atom. The van der Waals surface area contributed by atoms with E-state index in [1.807, 2.05) is 0 Å². The van der Waals surface area contributed by atoms with Gasteiger partial charge < -0.3 is 48.7 Å². The van der Waals surface area contributed by atoms with Crippen molar-refractivity contribution in [2.45, 2.75) is 192 Å². The lowest BCUT2D eigenvalue weighted by Gasteiger charge is -2.67. The lowest BCUT2D eigenvalue weighted by molar-refractivity contribution is -0.346. The second-order valence-electron chi connectivity index (χ2n) is 23.1. The van der Waals surface area contributed by atoms with Crippen LogP contribution in [0.15, 0.2) is 126 Å². The molecule has 1 amide bonds. The third-order valence-electron chi connectivity index (χ3n) is 17.2. The maximum absolute atomic E-state index is 15.8. The second-order valence-corrected chi connectivity index (χ2v) is 23.1. The Bertz CT molecular complexity index is 2830. The summed E-state index contributed by atoms with van der Waals surface area (Å²) in [4.78, 5) is 100. The molecule has 7 rings (SSSR count). The average Bonchev–Trinajstić information content (AvgIpc) is 0.849. The van der Waals surface area contributed by atoms with E-state index in [1.54, 1.807) is 92.7 Å². The highest BCUT2D eigenvalue weighted by atomic mass is 16.7. The first kappa shape index (κ1) is 63.6. The van der Waals surface area contributed by atoms with E-state index in [2.05, 4.69) is 36.5 Å². The maximum atomic E-state index is 15.8. The van der Waals surface area contributed by atoms with Crippen LogP contribution in [0.25, 0.3) is 0 Å². The minimum atomic E-state index is -2.47. The summed E-state index contributed by atoms with van der Waals surface area (Å²) in [5, 5.41) is 29.2. The fourth-order valence-corrected chi connectivity index (χ4v) is 12.7. The van der Waals surface area contributed by atoms with Gasteiger partial charge >= 0.3 is 30.0 Å². The third kappa shape index (κ3) is 14.4. The smallest absolute Gasteiger partial charge is 0.455 e. The lowest BCUT2D eigenvalue weighted by Crippen LogP contribution is -2.82. The molecule has 11 atom stereocenters. The SMILES string of the molecule is CCCCC/C=C\C/C=C\CCCCCCCCOC(=O)O[C@@H](C(=O)O[C@H]1C[C@@]2(O)C(OC(=O)c3ccccc3)C3[C@](C)(C(=O)[C@H](OC(C)=O)C(=C1C)C2(C)C)[C@@H](O)C[C@H]1OC[C@@]31OC(C)=O)[C@@H](NC(=O)c1ccccc1)c1ccccc1. The number of fused-ring (bicyclic) bond motifs is 5. The molecule has 83 heavy (non-hydrogen) atoms. The summed E-state index contributed by atoms with van der Waals surface area (Å²) in [6.07, 6.45) is 8.94. The van der Waals surface area contributed by atoms with Gasteiger partial charge in [-0.3, -0.25) is 19.2 Å². The number of hydrogen-bond acceptors (Lipinski definition) is 16. The predicted molar refractivity (Wildman–Crippen MR) is 307 cm³/mol. The van der Waals surface area contributed by atoms with E-state index >= 15 is 9.59 Å². The number of carbonyl (C=O) groups excluding carboxylic acids is 7. The summed E-state index contributed by atoms with van der Waals surface area (Å²) in [6.45, 7) is 10.1. The fourth-order valence-electron chi connectivity index (χ4n) is 12.7. The highest BCUT2D eigenvalue weighted by Gasteiger charge is 2.78. The van der Waals surface area contributed by atoms with Gasteiger partial charge in [-0.15, -0.1) is 0 Å². The van der Waals surface area contributed by atoms with E-state index in [9.17, 15) is 34.2 Å². The quantitative estimate of drug-likeness (QED) is 0.0293. The van der Waals surface area contributed by atoms with Crippen LogP contribution in [-0.2, 0) is 52.3 Å². The highest BCUT2D eigenvalue weighted by molar-refractivity contribution is 5.96. The number of esters is 4. The molecule has 2 bridgehead atoms. The summed E-state index contributed by atoms with van der Waals surface area (Å²) in [7, 11) is 0. The molecular formula is C66H83NO16. The number of amides is 1. The van der Waals surface area contributed by atoms with Gasteiger partial charge in [-0.2, -0.15) is 0 Å². The molecule has 17 nitrogen and oxygen atoms in total. The summed E-state index contributed by atoms with van der Waals surface area (Å²) in [5.74, 6) is -7.01. The zero-order valence-electron chi connectivity index (χ0n) is 49.0. The monoisotopic (exact) mass is 1150 g/mol. The highest BCUT2D eigenvalue weighted by Crippen LogP contribution is 2.64. The first-order valence-electron chi connectivity index (χ1n) is 29.4. The van der Waals surface area contributed by atoms with Crippen molar-refractivity contribution in [3.05, 3.63) is 143 Å². The summed E-state index contributed by atoms with van der Waals surface area (Å²) in [6, 6.07) is 22.9. The molecule has 0 aromatic heterocycles. The minimum Gasteiger partial charge on any atom is -0.455 e. The number of aliphatic hydroxyl groups is 2. The van der Waals surface area contributed by atoms with Gasteiger partial charge in [-0.25, -0.2) is 14.4 Å². The third-order valence-corrected chi connectivity index (χ3v) is 17.2. The number of ketones is 1. The number of hydrogen-bond donors (Lipinski definition) is 3. The molecule has 1 aliphatic heterocycles. The Hall–Kier alpha value is -6.95. The standard InChI is InChI=1S/C66H83NO16/c1-8-9-10-11-12-13-14-15-16-17-18-19-20-21-22-32-39-77-62(75)81-55(53(46-33-26-23-27-34-46)67-59(72)47-35-28-24-29-36-47)61(74)80-49-41-66(76)58(82-60(73)48-37-30-25-31-38-48)56-64(7,50(70)40-51-65(56,42-78-51)83-45(4)69)57(71)54(79-44(3)68)52(43(49)2)63(66,5)6/h12-13,15-16,23-31,33-38,49-51,53-56,58,70,76H,8-11,14,17-22,32,39-42H2,1-7H3,(H,67,72)/b13-12-,16-15-/t49-,50-,51+,53-,54+,55+,56?,58?,64+,65-,66+/m0/s1. The summed E-state index contributed by atoms with van der Waals surface area (Å²) < 4.78 is 42.6. The number of ether oxygens (including phenoxy) is 7. The van der Waals surface area contributed by atoms with Crippen LogP contribution in [-0.4, -0.2) is 113 Å². The molecule has 3 fully saturated rings. The van der Waals surface area contributed by atoms with Crippen molar-refractivity contribution in [1.82, 2.24) is 5.32 Å². The molecule has 3 aromatic carbocycles. The van der Waals surface area contributed by atoms with Gasteiger partial charge in [0.25, 0.3) is 5.91 Å². The predicted octanol–water partition coefficient (Wildman–Crippen LogP) is 10.7. The van der Waals surface area contributed by atoms with Gasteiger partial charge in [-0.05, 0) is 93.3 Å². The molecule has 3 N–H and O–H groups in total. The number of rotatable bonds is 26. The van der Waals surface area contributed by atoms with E-state index in [0.29, 0.717) is 12.0 Å². The van der Waals surface area contributed by atoms with Crippen LogP contribution < -0.4 is 5.32 Å². The first-order chi connectivity index (χ1) is 39.7. The van der Waals surface area contributed by atoms with Gasteiger partial charge in [-0.1, -0.05) is 150 Å². The number of carbonyl (C=O) groups is 7. The topological polar surface area (TPSA) is 237 Å². The summed E-state index contributed by atoms with van der Waals surface area (Å²) in [5.41, 5.74) is -7.42.